The van der Waals surface area contributed by atoms with Crippen molar-refractivity contribution >= 4 is 11.8 Å². The Bertz CT molecular complexity index is 507. The van der Waals surface area contributed by atoms with Crippen LogP contribution in [0.3, 0.4) is 0 Å². The minimum Gasteiger partial charge on any atom is -0.335 e. The van der Waals surface area contributed by atoms with Crippen molar-refractivity contribution in [1.29, 1.82) is 5.26 Å². The quantitative estimate of drug-likeness (QED) is 0.579. The molecule has 0 saturated carbocycles. The number of hydrogen-bond donors (Lipinski definition) is 1. The lowest BCUT2D eigenvalue weighted by molar-refractivity contribution is -0.145. The highest BCUT2D eigenvalue weighted by atomic mass is 16.2. The predicted octanol–water partition coefficient (Wildman–Crippen LogP) is 0.254. The first-order chi connectivity index (χ1) is 9.22. The highest BCUT2D eigenvalue weighted by Crippen LogP contribution is 2.15. The summed E-state index contributed by atoms with van der Waals surface area (Å²) < 4.78 is 0. The summed E-state index contributed by atoms with van der Waals surface area (Å²) in [6, 6.07) is 9.85. The van der Waals surface area contributed by atoms with E-state index < -0.39 is 11.8 Å². The number of benzene rings is 1. The average molecular weight is 257 g/mol. The number of rotatable bonds is 1. The van der Waals surface area contributed by atoms with Gasteiger partial charge in [0.1, 0.15) is 6.54 Å². The van der Waals surface area contributed by atoms with Crippen molar-refractivity contribution in [3.8, 4) is 6.07 Å². The molecule has 19 heavy (non-hydrogen) atoms. The number of hydrogen-bond acceptors (Lipinski definition) is 3. The van der Waals surface area contributed by atoms with Crippen molar-refractivity contribution in [3.63, 3.8) is 0 Å². The van der Waals surface area contributed by atoms with Gasteiger partial charge in [-0.15, -0.1) is 0 Å². The highest BCUT2D eigenvalue weighted by molar-refractivity contribution is 6.35. The number of nitriles is 1. The lowest BCUT2D eigenvalue weighted by Crippen LogP contribution is -2.44. The maximum Gasteiger partial charge on any atom is 0.311 e. The Labute approximate surface area is 111 Å². The van der Waals surface area contributed by atoms with Gasteiger partial charge in [-0.2, -0.15) is 5.26 Å². The Morgan fingerprint density at radius 3 is 2.32 bits per heavy atom. The molecule has 1 N–H and O–H groups in total. The molecule has 0 atom stereocenters. The van der Waals surface area contributed by atoms with Crippen LogP contribution in [0.2, 0.25) is 0 Å². The van der Waals surface area contributed by atoms with Gasteiger partial charge in [0.05, 0.1) is 6.07 Å². The van der Waals surface area contributed by atoms with Crippen LogP contribution in [0.5, 0.6) is 0 Å². The van der Waals surface area contributed by atoms with Crippen LogP contribution in [0.4, 0.5) is 0 Å². The Morgan fingerprint density at radius 1 is 1.21 bits per heavy atom. The molecule has 0 aliphatic carbocycles. The van der Waals surface area contributed by atoms with Gasteiger partial charge in [-0.05, 0) is 24.0 Å². The normalized spacial score (nSPS) is 13.9. The van der Waals surface area contributed by atoms with Gasteiger partial charge in [0.2, 0.25) is 0 Å². The maximum absolute atomic E-state index is 11.9. The molecule has 98 valence electrons. The van der Waals surface area contributed by atoms with Gasteiger partial charge in [0, 0.05) is 13.1 Å². The maximum atomic E-state index is 11.9. The van der Waals surface area contributed by atoms with Crippen molar-refractivity contribution < 1.29 is 9.59 Å². The molecule has 2 amide bonds. The molecular weight excluding hydrogens is 242 g/mol. The van der Waals surface area contributed by atoms with E-state index in [0.29, 0.717) is 13.1 Å². The molecule has 1 aliphatic rings. The van der Waals surface area contributed by atoms with E-state index in [0.717, 1.165) is 12.8 Å². The van der Waals surface area contributed by atoms with Gasteiger partial charge < -0.3 is 10.2 Å². The molecule has 5 heteroatoms. The summed E-state index contributed by atoms with van der Waals surface area (Å²) in [4.78, 5) is 25.0. The number of carbonyl (C=O) groups is 2. The second-order valence-corrected chi connectivity index (χ2v) is 4.40. The molecule has 0 aromatic heterocycles. The van der Waals surface area contributed by atoms with Crippen LogP contribution in [-0.4, -0.2) is 36.3 Å². The molecular formula is C14H15N3O2. The summed E-state index contributed by atoms with van der Waals surface area (Å²) in [5.74, 6) is -1.25. The zero-order valence-corrected chi connectivity index (χ0v) is 10.6. The van der Waals surface area contributed by atoms with Gasteiger partial charge in [-0.3, -0.25) is 9.59 Å². The molecule has 2 rings (SSSR count). The lowest BCUT2D eigenvalue weighted by Gasteiger charge is -2.18. The van der Waals surface area contributed by atoms with Crippen molar-refractivity contribution in [2.75, 3.05) is 19.6 Å². The molecule has 0 fully saturated rings. The highest BCUT2D eigenvalue weighted by Gasteiger charge is 2.23. The predicted molar refractivity (Wildman–Crippen MR) is 69.1 cm³/mol. The van der Waals surface area contributed by atoms with Crippen molar-refractivity contribution in [2.24, 2.45) is 0 Å². The first-order valence-corrected chi connectivity index (χ1v) is 6.23. The lowest BCUT2D eigenvalue weighted by atomic mass is 10.0. The topological polar surface area (TPSA) is 73.2 Å². The second kappa shape index (κ2) is 6.01. The Kier molecular flexibility index (Phi) is 4.14. The minimum absolute atomic E-state index is 0.140. The van der Waals surface area contributed by atoms with E-state index in [1.165, 1.54) is 11.1 Å². The van der Waals surface area contributed by atoms with Gasteiger partial charge in [0.25, 0.3) is 0 Å². The van der Waals surface area contributed by atoms with E-state index in [1.807, 2.05) is 12.1 Å². The number of nitrogens with one attached hydrogen (secondary N) is 1. The third kappa shape index (κ3) is 3.10. The molecule has 5 nitrogen and oxygen atoms in total. The van der Waals surface area contributed by atoms with Crippen LogP contribution in [0.1, 0.15) is 11.1 Å². The van der Waals surface area contributed by atoms with Crippen LogP contribution in [-0.2, 0) is 22.4 Å². The van der Waals surface area contributed by atoms with Crippen molar-refractivity contribution in [1.82, 2.24) is 10.2 Å². The van der Waals surface area contributed by atoms with E-state index in [4.69, 9.17) is 5.26 Å². The van der Waals surface area contributed by atoms with Crippen molar-refractivity contribution in [2.45, 2.75) is 12.8 Å². The molecule has 0 unspecified atom stereocenters. The summed E-state index contributed by atoms with van der Waals surface area (Å²) in [6.07, 6.45) is 1.51. The third-order valence-corrected chi connectivity index (χ3v) is 3.23. The molecule has 0 bridgehead atoms. The number of amides is 2. The van der Waals surface area contributed by atoms with Gasteiger partial charge in [0.15, 0.2) is 0 Å². The van der Waals surface area contributed by atoms with Crippen molar-refractivity contribution in [3.05, 3.63) is 35.4 Å². The van der Waals surface area contributed by atoms with E-state index in [-0.39, 0.29) is 6.54 Å². The zero-order valence-electron chi connectivity index (χ0n) is 10.6. The third-order valence-electron chi connectivity index (χ3n) is 3.23. The molecule has 1 aromatic carbocycles. The molecule has 1 heterocycles. The smallest absolute Gasteiger partial charge is 0.311 e. The minimum atomic E-state index is -0.701. The fourth-order valence-electron chi connectivity index (χ4n) is 2.21. The first-order valence-electron chi connectivity index (χ1n) is 6.23. The molecule has 0 radical (unpaired) electrons. The van der Waals surface area contributed by atoms with Crippen LogP contribution in [0.25, 0.3) is 0 Å². The SMILES string of the molecule is N#CCNC(=O)C(=O)N1CCc2ccccc2CC1. The van der Waals surface area contributed by atoms with E-state index in [2.05, 4.69) is 17.4 Å². The number of fused-ring (bicyclic) bond motifs is 1. The van der Waals surface area contributed by atoms with E-state index in [1.54, 1.807) is 11.0 Å². The summed E-state index contributed by atoms with van der Waals surface area (Å²) in [5.41, 5.74) is 2.46. The second-order valence-electron chi connectivity index (χ2n) is 4.40. The van der Waals surface area contributed by atoms with Gasteiger partial charge in [-0.1, -0.05) is 24.3 Å². The van der Waals surface area contributed by atoms with E-state index in [9.17, 15) is 9.59 Å². The Morgan fingerprint density at radius 2 is 1.79 bits per heavy atom. The Balaban J connectivity index is 2.00. The number of carbonyl (C=O) groups excluding carboxylic acids is 2. The fraction of sp³-hybridized carbons (Fsp3) is 0.357. The molecule has 1 aliphatic heterocycles. The van der Waals surface area contributed by atoms with Crippen LogP contribution in [0, 0.1) is 11.3 Å². The molecule has 0 saturated heterocycles. The Hall–Kier alpha value is -2.35. The number of nitrogens with zero attached hydrogens (tertiary/aromatic N) is 2. The van der Waals surface area contributed by atoms with Gasteiger partial charge >= 0.3 is 11.8 Å². The fourth-order valence-corrected chi connectivity index (χ4v) is 2.21. The largest absolute Gasteiger partial charge is 0.335 e. The van der Waals surface area contributed by atoms with Crippen LogP contribution < -0.4 is 5.32 Å². The zero-order chi connectivity index (χ0) is 13.7. The summed E-state index contributed by atoms with van der Waals surface area (Å²) >= 11 is 0. The molecule has 0 spiro atoms. The van der Waals surface area contributed by atoms with Crippen LogP contribution >= 0.6 is 0 Å². The summed E-state index contributed by atoms with van der Waals surface area (Å²) in [6.45, 7) is 0.935. The monoisotopic (exact) mass is 257 g/mol. The first kappa shape index (κ1) is 13.1. The summed E-state index contributed by atoms with van der Waals surface area (Å²) in [5, 5.41) is 10.7. The average Bonchev–Trinajstić information content (AvgIpc) is 2.66. The van der Waals surface area contributed by atoms with E-state index >= 15 is 0 Å². The standard InChI is InChI=1S/C14H15N3O2/c15-7-8-16-13(18)14(19)17-9-5-11-3-1-2-4-12(11)6-10-17/h1-4H,5-6,8-10H2,(H,16,18). The molecule has 1 aromatic rings. The van der Waals surface area contributed by atoms with Gasteiger partial charge in [-0.25, -0.2) is 0 Å². The van der Waals surface area contributed by atoms with Crippen LogP contribution in [0.15, 0.2) is 24.3 Å². The summed E-state index contributed by atoms with van der Waals surface area (Å²) in [7, 11) is 0.